The normalized spacial score (nSPS) is 15.8. The van der Waals surface area contributed by atoms with Crippen LogP contribution in [0.4, 0.5) is 5.69 Å². The molecule has 3 aromatic rings. The van der Waals surface area contributed by atoms with Crippen LogP contribution in [0, 0.1) is 13.8 Å². The van der Waals surface area contributed by atoms with E-state index in [0.29, 0.717) is 11.4 Å². The number of aryl methyl sites for hydroxylation is 2. The maximum atomic E-state index is 12.9. The van der Waals surface area contributed by atoms with Crippen molar-refractivity contribution in [1.82, 2.24) is 9.78 Å². The Morgan fingerprint density at radius 1 is 1.05 bits per heavy atom. The standard InChI is InChI=1S/C23H20Cl2N4O7S2.K/c1-13-3-9-17(10-4-13)38(34,35)36-16-7-5-15(6-8-16)26-27-22-14(2)28-29(23(22)30)20-11-19(25)21(12-18(20)24)37(31,32)33;/h3-7,9-12,16,28H,8H2,1-2H3,(H,31,32,33);/q;+1/p-1. The Labute approximate surface area is 276 Å². The van der Waals surface area contributed by atoms with Crippen LogP contribution in [0.3, 0.4) is 0 Å². The molecule has 0 amide bonds. The molecular weight excluding hydrogens is 618 g/mol. The van der Waals surface area contributed by atoms with Crippen molar-refractivity contribution in [2.24, 2.45) is 10.2 Å². The largest absolute Gasteiger partial charge is 1.00 e. The third-order valence-electron chi connectivity index (χ3n) is 5.42. The second kappa shape index (κ2) is 12.6. The van der Waals surface area contributed by atoms with Crippen molar-refractivity contribution < 1.29 is 77.0 Å². The summed E-state index contributed by atoms with van der Waals surface area (Å²) in [4.78, 5) is 12.3. The average molecular weight is 638 g/mol. The van der Waals surface area contributed by atoms with Crippen LogP contribution in [0.5, 0.6) is 0 Å². The average Bonchev–Trinajstić information content (AvgIpc) is 3.12. The van der Waals surface area contributed by atoms with Crippen molar-refractivity contribution in [2.45, 2.75) is 36.2 Å². The van der Waals surface area contributed by atoms with Gasteiger partial charge in [0.05, 0.1) is 43.0 Å². The summed E-state index contributed by atoms with van der Waals surface area (Å²) >= 11 is 12.0. The fraction of sp³-hybridized carbons (Fsp3) is 0.174. The van der Waals surface area contributed by atoms with Gasteiger partial charge >= 0.3 is 51.4 Å². The van der Waals surface area contributed by atoms with Gasteiger partial charge in [-0.05, 0) is 50.6 Å². The van der Waals surface area contributed by atoms with Crippen LogP contribution in [0.2, 0.25) is 10.0 Å². The predicted molar refractivity (Wildman–Crippen MR) is 139 cm³/mol. The number of nitrogens with zero attached hydrogens (tertiary/aromatic N) is 3. The zero-order valence-corrected chi connectivity index (χ0v) is 27.0. The summed E-state index contributed by atoms with van der Waals surface area (Å²) in [6.45, 7) is 3.40. The summed E-state index contributed by atoms with van der Waals surface area (Å²) in [5.74, 6) is 0. The number of nitrogens with one attached hydrogen (secondary N) is 1. The number of hydrogen-bond acceptors (Lipinski definition) is 9. The van der Waals surface area contributed by atoms with Gasteiger partial charge in [0.25, 0.3) is 15.7 Å². The summed E-state index contributed by atoms with van der Waals surface area (Å²) in [6.07, 6.45) is 4.12. The molecular formula is C23H19Cl2KN4O7S2. The van der Waals surface area contributed by atoms with Crippen LogP contribution in [-0.4, -0.2) is 37.3 Å². The Balaban J connectivity index is 0.00000420. The quantitative estimate of drug-likeness (QED) is 0.178. The van der Waals surface area contributed by atoms with E-state index in [0.717, 1.165) is 22.4 Å². The fourth-order valence-corrected chi connectivity index (χ4v) is 5.83. The zero-order chi connectivity index (χ0) is 27.8. The molecule has 0 bridgehead atoms. The number of halogens is 2. The van der Waals surface area contributed by atoms with Gasteiger partial charge in [0.2, 0.25) is 0 Å². The van der Waals surface area contributed by atoms with Gasteiger partial charge in [-0.3, -0.25) is 14.1 Å². The maximum absolute atomic E-state index is 12.9. The molecule has 16 heteroatoms. The first-order chi connectivity index (χ1) is 17.8. The minimum absolute atomic E-state index is 0. The van der Waals surface area contributed by atoms with Crippen molar-refractivity contribution in [3.63, 3.8) is 0 Å². The maximum Gasteiger partial charge on any atom is 1.00 e. The number of rotatable bonds is 7. The zero-order valence-electron chi connectivity index (χ0n) is 20.8. The molecule has 1 heterocycles. The second-order valence-electron chi connectivity index (χ2n) is 8.24. The van der Waals surface area contributed by atoms with Gasteiger partial charge in [0.1, 0.15) is 10.1 Å². The first kappa shape index (κ1) is 32.1. The summed E-state index contributed by atoms with van der Waals surface area (Å²) in [7, 11) is -8.83. The van der Waals surface area contributed by atoms with Gasteiger partial charge in [-0.1, -0.05) is 53.1 Å². The first-order valence-electron chi connectivity index (χ1n) is 10.8. The summed E-state index contributed by atoms with van der Waals surface area (Å²) in [5.41, 5.74) is 0.890. The van der Waals surface area contributed by atoms with Gasteiger partial charge in [0.15, 0.2) is 5.69 Å². The topological polar surface area (TPSA) is 163 Å². The molecule has 0 aliphatic heterocycles. The smallest absolute Gasteiger partial charge is 0.744 e. The Hall–Kier alpha value is -1.43. The molecule has 0 spiro atoms. The molecule has 1 N–H and O–H groups in total. The summed E-state index contributed by atoms with van der Waals surface area (Å²) in [5, 5.41) is 10.2. The van der Waals surface area contributed by atoms with Gasteiger partial charge in [0, 0.05) is 0 Å². The molecule has 2 aromatic carbocycles. The second-order valence-corrected chi connectivity index (χ2v) is 12.0. The van der Waals surface area contributed by atoms with E-state index >= 15 is 0 Å². The third kappa shape index (κ3) is 7.45. The van der Waals surface area contributed by atoms with E-state index in [1.807, 2.05) is 6.92 Å². The van der Waals surface area contributed by atoms with Crippen LogP contribution in [0.25, 0.3) is 5.69 Å². The Bertz CT molecular complexity index is 1780. The molecule has 1 unspecified atom stereocenters. The number of azo groups is 1. The molecule has 1 aliphatic carbocycles. The molecule has 1 atom stereocenters. The Morgan fingerprint density at radius 3 is 2.31 bits per heavy atom. The van der Waals surface area contributed by atoms with Crippen molar-refractivity contribution in [3.8, 4) is 5.69 Å². The van der Waals surface area contributed by atoms with Gasteiger partial charge in [-0.15, -0.1) is 5.11 Å². The number of H-pyrrole nitrogens is 1. The Kier molecular flexibility index (Phi) is 10.4. The van der Waals surface area contributed by atoms with Crippen LogP contribution in [-0.2, 0) is 24.4 Å². The molecule has 1 aromatic heterocycles. The number of benzene rings is 2. The van der Waals surface area contributed by atoms with Crippen LogP contribution < -0.4 is 56.9 Å². The van der Waals surface area contributed by atoms with E-state index in [2.05, 4.69) is 15.3 Å². The van der Waals surface area contributed by atoms with E-state index < -0.39 is 41.8 Å². The molecule has 0 saturated carbocycles. The molecule has 1 aliphatic rings. The van der Waals surface area contributed by atoms with Gasteiger partial charge in [-0.2, -0.15) is 13.5 Å². The number of hydrogen-bond donors (Lipinski definition) is 1. The third-order valence-corrected chi connectivity index (χ3v) is 8.37. The van der Waals surface area contributed by atoms with Crippen molar-refractivity contribution in [1.29, 1.82) is 0 Å². The number of aromatic nitrogens is 2. The molecule has 4 rings (SSSR count). The van der Waals surface area contributed by atoms with E-state index in [1.165, 1.54) is 24.3 Å². The molecule has 39 heavy (non-hydrogen) atoms. The van der Waals surface area contributed by atoms with E-state index in [1.54, 1.807) is 25.1 Å². The first-order valence-corrected chi connectivity index (χ1v) is 14.4. The van der Waals surface area contributed by atoms with Crippen molar-refractivity contribution >= 4 is 49.1 Å². The molecule has 0 saturated heterocycles. The molecule has 200 valence electrons. The fourth-order valence-electron chi connectivity index (χ4n) is 3.47. The van der Waals surface area contributed by atoms with Crippen LogP contribution >= 0.6 is 23.2 Å². The van der Waals surface area contributed by atoms with E-state index in [9.17, 15) is 26.2 Å². The molecule has 0 radical (unpaired) electrons. The van der Waals surface area contributed by atoms with Gasteiger partial charge < -0.3 is 4.55 Å². The van der Waals surface area contributed by atoms with E-state index in [-0.39, 0.29) is 79.1 Å². The number of allylic oxidation sites excluding steroid dienone is 1. The van der Waals surface area contributed by atoms with Gasteiger partial charge in [-0.25, -0.2) is 13.1 Å². The van der Waals surface area contributed by atoms with Crippen LogP contribution in [0.15, 0.2) is 85.1 Å². The number of aromatic amines is 1. The van der Waals surface area contributed by atoms with Crippen LogP contribution in [0.1, 0.15) is 17.7 Å². The summed E-state index contributed by atoms with van der Waals surface area (Å²) in [6, 6.07) is 8.23. The van der Waals surface area contributed by atoms with Crippen molar-refractivity contribution in [3.05, 3.63) is 92.0 Å². The minimum atomic E-state index is -4.87. The molecule has 11 nitrogen and oxygen atoms in total. The molecule has 0 fully saturated rings. The van der Waals surface area contributed by atoms with E-state index in [4.69, 9.17) is 27.4 Å². The SMILES string of the molecule is Cc1ccc(S(=O)(=O)OC2C=CC(N=Nc3c(C)[nH]n(-c4cc(Cl)c(S(=O)(=O)[O-])cc4Cl)c3=O)=CC2)cc1.[K+]. The van der Waals surface area contributed by atoms with Crippen molar-refractivity contribution in [2.75, 3.05) is 0 Å². The predicted octanol–water partition coefficient (Wildman–Crippen LogP) is 1.70. The summed E-state index contributed by atoms with van der Waals surface area (Å²) < 4.78 is 65.2. The monoisotopic (exact) mass is 636 g/mol. The minimum Gasteiger partial charge on any atom is -0.744 e. The Morgan fingerprint density at radius 2 is 1.72 bits per heavy atom.